The molecule has 1 aromatic carbocycles. The van der Waals surface area contributed by atoms with Crippen LogP contribution in [0.2, 0.25) is 0 Å². The summed E-state index contributed by atoms with van der Waals surface area (Å²) in [4.78, 5) is 32.6. The predicted molar refractivity (Wildman–Crippen MR) is 90.7 cm³/mol. The minimum atomic E-state index is -0.228. The van der Waals surface area contributed by atoms with Gasteiger partial charge in [0, 0.05) is 7.05 Å². The number of para-hydroxylation sites is 1. The van der Waals surface area contributed by atoms with E-state index in [0.717, 1.165) is 5.52 Å². The van der Waals surface area contributed by atoms with Gasteiger partial charge in [0.15, 0.2) is 11.5 Å². The van der Waals surface area contributed by atoms with Gasteiger partial charge in [0.2, 0.25) is 0 Å². The van der Waals surface area contributed by atoms with Crippen LogP contribution in [0.3, 0.4) is 0 Å². The van der Waals surface area contributed by atoms with Gasteiger partial charge in [-0.1, -0.05) is 12.1 Å². The van der Waals surface area contributed by atoms with Crippen molar-refractivity contribution in [3.05, 3.63) is 53.1 Å². The lowest BCUT2D eigenvalue weighted by Crippen LogP contribution is -2.26. The Balaban J connectivity index is 1.78. The fourth-order valence-electron chi connectivity index (χ4n) is 2.77. The lowest BCUT2D eigenvalue weighted by molar-refractivity contribution is 0.683. The highest BCUT2D eigenvalue weighted by atomic mass is 16.1. The molecule has 120 valence electrons. The number of benzene rings is 1. The average Bonchev–Trinajstić information content (AvgIpc) is 3.08. The second-order valence-electron chi connectivity index (χ2n) is 5.54. The number of H-pyrrole nitrogens is 1. The van der Waals surface area contributed by atoms with Crippen LogP contribution in [0, 0.1) is 0 Å². The summed E-state index contributed by atoms with van der Waals surface area (Å²) in [5, 5.41) is 3.88. The fraction of sp³-hybridized carbons (Fsp3) is 0.188. The molecule has 0 aliphatic carbocycles. The van der Waals surface area contributed by atoms with Crippen LogP contribution in [0.15, 0.2) is 41.7 Å². The van der Waals surface area contributed by atoms with E-state index < -0.39 is 0 Å². The molecule has 1 atom stereocenters. The van der Waals surface area contributed by atoms with E-state index in [4.69, 9.17) is 0 Å². The van der Waals surface area contributed by atoms with Gasteiger partial charge in [-0.15, -0.1) is 0 Å². The van der Waals surface area contributed by atoms with Crippen molar-refractivity contribution in [1.29, 1.82) is 0 Å². The van der Waals surface area contributed by atoms with E-state index in [0.29, 0.717) is 28.2 Å². The van der Waals surface area contributed by atoms with E-state index >= 15 is 0 Å². The summed E-state index contributed by atoms with van der Waals surface area (Å²) < 4.78 is 1.56. The number of nitrogens with zero attached hydrogens (tertiary/aromatic N) is 5. The third-order valence-corrected chi connectivity index (χ3v) is 3.98. The minimum Gasteiger partial charge on any atom is -0.358 e. The van der Waals surface area contributed by atoms with Crippen LogP contribution in [0.1, 0.15) is 18.8 Å². The normalized spacial score (nSPS) is 12.6. The van der Waals surface area contributed by atoms with Gasteiger partial charge >= 0.3 is 0 Å². The van der Waals surface area contributed by atoms with E-state index in [-0.39, 0.29) is 11.6 Å². The van der Waals surface area contributed by atoms with Gasteiger partial charge in [0.05, 0.1) is 23.3 Å². The maximum Gasteiger partial charge on any atom is 0.261 e. The summed E-state index contributed by atoms with van der Waals surface area (Å²) in [7, 11) is 1.72. The van der Waals surface area contributed by atoms with Crippen molar-refractivity contribution in [2.75, 3.05) is 5.32 Å². The molecule has 0 spiro atoms. The van der Waals surface area contributed by atoms with E-state index in [9.17, 15) is 4.79 Å². The van der Waals surface area contributed by atoms with E-state index in [1.807, 2.05) is 25.1 Å². The van der Waals surface area contributed by atoms with Crippen LogP contribution in [0.25, 0.3) is 22.1 Å². The molecule has 2 N–H and O–H groups in total. The molecule has 4 aromatic rings. The zero-order chi connectivity index (χ0) is 16.7. The lowest BCUT2D eigenvalue weighted by Gasteiger charge is -2.17. The number of anilines is 1. The van der Waals surface area contributed by atoms with Gasteiger partial charge in [-0.2, -0.15) is 0 Å². The van der Waals surface area contributed by atoms with Gasteiger partial charge in [0.25, 0.3) is 5.56 Å². The van der Waals surface area contributed by atoms with Crippen LogP contribution in [-0.4, -0.2) is 29.5 Å². The van der Waals surface area contributed by atoms with E-state index in [2.05, 4.69) is 30.2 Å². The molecule has 8 nitrogen and oxygen atoms in total. The number of aromatic amines is 1. The van der Waals surface area contributed by atoms with Crippen molar-refractivity contribution in [2.45, 2.75) is 13.0 Å². The molecule has 0 bridgehead atoms. The van der Waals surface area contributed by atoms with Crippen molar-refractivity contribution in [2.24, 2.45) is 7.05 Å². The Kier molecular flexibility index (Phi) is 3.23. The van der Waals surface area contributed by atoms with Crippen LogP contribution in [-0.2, 0) is 7.05 Å². The Hall–Kier alpha value is -3.29. The molecule has 0 amide bonds. The highest BCUT2D eigenvalue weighted by Crippen LogP contribution is 2.21. The molecule has 8 heteroatoms. The molecular weight excluding hydrogens is 306 g/mol. The number of hydrogen-bond acceptors (Lipinski definition) is 6. The van der Waals surface area contributed by atoms with Crippen LogP contribution in [0.4, 0.5) is 5.82 Å². The van der Waals surface area contributed by atoms with Crippen molar-refractivity contribution < 1.29 is 0 Å². The molecule has 3 aromatic heterocycles. The first-order chi connectivity index (χ1) is 11.6. The van der Waals surface area contributed by atoms with Gasteiger partial charge in [-0.3, -0.25) is 9.36 Å². The van der Waals surface area contributed by atoms with Crippen molar-refractivity contribution >= 4 is 27.9 Å². The number of rotatable bonds is 3. The number of nitrogens with one attached hydrogen (secondary N) is 2. The number of imidazole rings is 1. The topological polar surface area (TPSA) is 101 Å². The second kappa shape index (κ2) is 5.41. The molecule has 0 radical (unpaired) electrons. The summed E-state index contributed by atoms with van der Waals surface area (Å²) in [5.74, 6) is 1.25. The molecule has 0 saturated heterocycles. The molecule has 0 aliphatic rings. The molecular formula is C16H15N7O. The molecule has 0 fully saturated rings. The largest absolute Gasteiger partial charge is 0.358 e. The van der Waals surface area contributed by atoms with Crippen molar-refractivity contribution in [3.63, 3.8) is 0 Å². The number of fused-ring (bicyclic) bond motifs is 2. The van der Waals surface area contributed by atoms with Gasteiger partial charge in [-0.25, -0.2) is 19.9 Å². The van der Waals surface area contributed by atoms with Crippen LogP contribution >= 0.6 is 0 Å². The SMILES string of the molecule is CC(Nc1ncnc2nc[nH]c12)c1nc2ccccc2c(=O)n1C. The smallest absolute Gasteiger partial charge is 0.261 e. The predicted octanol–water partition coefficient (Wildman–Crippen LogP) is 1.77. The van der Waals surface area contributed by atoms with Gasteiger partial charge in [-0.05, 0) is 19.1 Å². The maximum atomic E-state index is 12.5. The van der Waals surface area contributed by atoms with Crippen molar-refractivity contribution in [3.8, 4) is 0 Å². The Morgan fingerprint density at radius 1 is 1.21 bits per heavy atom. The fourth-order valence-corrected chi connectivity index (χ4v) is 2.77. The Bertz CT molecular complexity index is 1100. The third-order valence-electron chi connectivity index (χ3n) is 3.98. The lowest BCUT2D eigenvalue weighted by atomic mass is 10.2. The third kappa shape index (κ3) is 2.19. The Morgan fingerprint density at radius 3 is 2.92 bits per heavy atom. The summed E-state index contributed by atoms with van der Waals surface area (Å²) >= 11 is 0. The molecule has 3 heterocycles. The molecule has 0 saturated carbocycles. The molecule has 1 unspecified atom stereocenters. The van der Waals surface area contributed by atoms with Crippen LogP contribution < -0.4 is 10.9 Å². The first-order valence-electron chi connectivity index (χ1n) is 7.51. The number of hydrogen-bond donors (Lipinski definition) is 2. The minimum absolute atomic E-state index is 0.0707. The Labute approximate surface area is 136 Å². The summed E-state index contributed by atoms with van der Waals surface area (Å²) in [5.41, 5.74) is 1.91. The monoisotopic (exact) mass is 321 g/mol. The van der Waals surface area contributed by atoms with Crippen LogP contribution in [0.5, 0.6) is 0 Å². The molecule has 4 rings (SSSR count). The zero-order valence-corrected chi connectivity index (χ0v) is 13.2. The summed E-state index contributed by atoms with van der Waals surface area (Å²) in [6, 6.07) is 7.10. The maximum absolute atomic E-state index is 12.5. The summed E-state index contributed by atoms with van der Waals surface area (Å²) in [6.07, 6.45) is 3.02. The standard InChI is InChI=1S/C16H15N7O/c1-9(21-14-12-13(18-7-17-12)19-8-20-14)15-22-11-6-4-3-5-10(11)16(24)23(15)2/h3-9H,1-2H3,(H2,17,18,19,20,21). The first-order valence-corrected chi connectivity index (χ1v) is 7.51. The molecule has 24 heavy (non-hydrogen) atoms. The summed E-state index contributed by atoms with van der Waals surface area (Å²) in [6.45, 7) is 1.93. The average molecular weight is 321 g/mol. The van der Waals surface area contributed by atoms with Gasteiger partial charge < -0.3 is 10.3 Å². The molecule has 0 aliphatic heterocycles. The van der Waals surface area contributed by atoms with Gasteiger partial charge in [0.1, 0.15) is 17.7 Å². The quantitative estimate of drug-likeness (QED) is 0.596. The zero-order valence-electron chi connectivity index (χ0n) is 13.2. The van der Waals surface area contributed by atoms with E-state index in [1.54, 1.807) is 24.0 Å². The highest BCUT2D eigenvalue weighted by molar-refractivity contribution is 5.82. The Morgan fingerprint density at radius 2 is 2.04 bits per heavy atom. The highest BCUT2D eigenvalue weighted by Gasteiger charge is 2.16. The van der Waals surface area contributed by atoms with E-state index in [1.165, 1.54) is 6.33 Å². The van der Waals surface area contributed by atoms with Crippen molar-refractivity contribution in [1.82, 2.24) is 29.5 Å². The number of aromatic nitrogens is 6. The second-order valence-corrected chi connectivity index (χ2v) is 5.54. The first kappa shape index (κ1) is 14.3.